The number of rotatable bonds is 1. The molecule has 0 saturated heterocycles. The number of hydrogen-bond donors (Lipinski definition) is 1. The van der Waals surface area contributed by atoms with E-state index in [4.69, 9.17) is 0 Å². The third-order valence-corrected chi connectivity index (χ3v) is 2.65. The summed E-state index contributed by atoms with van der Waals surface area (Å²) in [5.41, 5.74) is 1.09. The molecule has 0 amide bonds. The Morgan fingerprint density at radius 2 is 2.25 bits per heavy atom. The Bertz CT molecular complexity index is 297. The molecule has 2 rings (SSSR count). The van der Waals surface area contributed by atoms with E-state index in [0.29, 0.717) is 0 Å². The summed E-state index contributed by atoms with van der Waals surface area (Å²) < 4.78 is 3.02. The summed E-state index contributed by atoms with van der Waals surface area (Å²) in [5.74, 6) is 0. The van der Waals surface area contributed by atoms with Crippen LogP contribution in [0.4, 0.5) is 0 Å². The molecular formula is C8H8NNaOS. The van der Waals surface area contributed by atoms with Gasteiger partial charge in [0.15, 0.2) is 0 Å². The fourth-order valence-corrected chi connectivity index (χ4v) is 2.02. The van der Waals surface area contributed by atoms with Crippen LogP contribution in [0, 0.1) is 0 Å². The molecule has 4 heteroatoms. The van der Waals surface area contributed by atoms with Gasteiger partial charge in [-0.25, -0.2) is 4.72 Å². The van der Waals surface area contributed by atoms with E-state index < -0.39 is 0 Å². The van der Waals surface area contributed by atoms with Gasteiger partial charge < -0.3 is 6.22 Å². The second kappa shape index (κ2) is 4.44. The summed E-state index contributed by atoms with van der Waals surface area (Å²) in [6, 6.07) is 7.79. The largest absolute Gasteiger partial charge is 1.00 e. The van der Waals surface area contributed by atoms with Crippen molar-refractivity contribution < 1.29 is 35.8 Å². The first-order chi connectivity index (χ1) is 5.42. The first-order valence-electron chi connectivity index (χ1n) is 3.38. The number of fused-ring (bicyclic) bond motifs is 1. The van der Waals surface area contributed by atoms with Crippen LogP contribution >= 0.6 is 11.9 Å². The van der Waals surface area contributed by atoms with Gasteiger partial charge in [-0.05, 0) is 23.6 Å². The van der Waals surface area contributed by atoms with Gasteiger partial charge in [-0.15, -0.1) is 0 Å². The molecule has 0 radical (unpaired) electrons. The van der Waals surface area contributed by atoms with Gasteiger partial charge in [-0.2, -0.15) is 0 Å². The van der Waals surface area contributed by atoms with Crippen LogP contribution in [0.15, 0.2) is 29.2 Å². The number of hydrogen-bond acceptors (Lipinski definition) is 3. The Hall–Kier alpha value is 0.200. The van der Waals surface area contributed by atoms with Crippen LogP contribution in [0.1, 0.15) is 13.0 Å². The number of nitrogens with one attached hydrogen (secondary N) is 1. The predicted molar refractivity (Wildman–Crippen MR) is 45.4 cm³/mol. The van der Waals surface area contributed by atoms with Gasteiger partial charge in [0.25, 0.3) is 0 Å². The zero-order valence-corrected chi connectivity index (χ0v) is 9.60. The maximum Gasteiger partial charge on any atom is 1.00 e. The fourth-order valence-electron chi connectivity index (χ4n) is 1.12. The number of benzene rings is 1. The van der Waals surface area contributed by atoms with E-state index in [0.717, 1.165) is 16.7 Å². The van der Waals surface area contributed by atoms with Crippen LogP contribution in [0.5, 0.6) is 0 Å². The molecule has 1 atom stereocenters. The molecule has 0 saturated carbocycles. The molecule has 1 N–H and O–H groups in total. The van der Waals surface area contributed by atoms with Crippen LogP contribution in [-0.4, -0.2) is 6.29 Å². The van der Waals surface area contributed by atoms with Crippen molar-refractivity contribution in [1.82, 2.24) is 4.72 Å². The Morgan fingerprint density at radius 3 is 3.00 bits per heavy atom. The zero-order valence-electron chi connectivity index (χ0n) is 7.78. The van der Waals surface area contributed by atoms with Crippen LogP contribution in [0.25, 0.3) is 0 Å². The molecule has 0 spiro atoms. The van der Waals surface area contributed by atoms with Crippen molar-refractivity contribution in [1.29, 1.82) is 0 Å². The van der Waals surface area contributed by atoms with E-state index in [1.807, 2.05) is 24.3 Å². The molecule has 58 valence electrons. The summed E-state index contributed by atoms with van der Waals surface area (Å²) >= 11 is 1.52. The van der Waals surface area contributed by atoms with Gasteiger partial charge in [0.05, 0.1) is 6.04 Å². The molecule has 1 heterocycles. The predicted octanol–water partition coefficient (Wildman–Crippen LogP) is -1.35. The Labute approximate surface area is 99.0 Å². The second-order valence-corrected chi connectivity index (χ2v) is 3.25. The Kier molecular flexibility index (Phi) is 3.80. The maximum atomic E-state index is 10.5. The van der Waals surface area contributed by atoms with Gasteiger partial charge in [-0.1, -0.05) is 18.2 Å². The standard InChI is InChI=1S/C8H7NOS.Na.H/c10-5-7-6-3-1-2-4-8(6)11-9-7;;/h1-5,7,9H;;/q;+1;-1. The number of carbonyl (C=O) groups is 1. The van der Waals surface area contributed by atoms with E-state index in [-0.39, 0.29) is 37.0 Å². The SMILES string of the molecule is O=CC1NSc2ccccc21.[H-].[Na+]. The van der Waals surface area contributed by atoms with Crippen molar-refractivity contribution in [3.8, 4) is 0 Å². The monoisotopic (exact) mass is 189 g/mol. The minimum absolute atomic E-state index is 0. The van der Waals surface area contributed by atoms with Crippen molar-refractivity contribution in [3.63, 3.8) is 0 Å². The summed E-state index contributed by atoms with van der Waals surface area (Å²) in [5, 5.41) is 0. The van der Waals surface area contributed by atoms with Crippen molar-refractivity contribution in [2.75, 3.05) is 0 Å². The van der Waals surface area contributed by atoms with Crippen molar-refractivity contribution in [3.05, 3.63) is 29.8 Å². The van der Waals surface area contributed by atoms with Crippen LogP contribution in [0.2, 0.25) is 0 Å². The molecule has 1 unspecified atom stereocenters. The van der Waals surface area contributed by atoms with Gasteiger partial charge in [0.2, 0.25) is 0 Å². The Morgan fingerprint density at radius 1 is 1.50 bits per heavy atom. The molecule has 0 aliphatic carbocycles. The average Bonchev–Trinajstić information content (AvgIpc) is 2.47. The molecular weight excluding hydrogens is 181 g/mol. The molecule has 1 aromatic carbocycles. The van der Waals surface area contributed by atoms with Crippen molar-refractivity contribution >= 4 is 18.2 Å². The number of aldehydes is 1. The molecule has 1 aromatic rings. The molecule has 1 aliphatic rings. The third-order valence-electron chi connectivity index (χ3n) is 1.69. The average molecular weight is 189 g/mol. The molecule has 0 aromatic heterocycles. The van der Waals surface area contributed by atoms with E-state index in [9.17, 15) is 4.79 Å². The van der Waals surface area contributed by atoms with Gasteiger partial charge in [0, 0.05) is 4.90 Å². The van der Waals surface area contributed by atoms with Crippen LogP contribution in [-0.2, 0) is 4.79 Å². The first kappa shape index (κ1) is 10.3. The van der Waals surface area contributed by atoms with Gasteiger partial charge in [0.1, 0.15) is 6.29 Å². The van der Waals surface area contributed by atoms with Crippen molar-refractivity contribution in [2.24, 2.45) is 0 Å². The molecule has 0 fully saturated rings. The normalized spacial score (nSPS) is 19.5. The Balaban J connectivity index is 0.000000720. The molecule has 0 bridgehead atoms. The van der Waals surface area contributed by atoms with Crippen LogP contribution in [0.3, 0.4) is 0 Å². The minimum Gasteiger partial charge on any atom is -1.00 e. The third kappa shape index (κ3) is 1.75. The zero-order chi connectivity index (χ0) is 7.68. The van der Waals surface area contributed by atoms with E-state index in [1.54, 1.807) is 0 Å². The van der Waals surface area contributed by atoms with E-state index >= 15 is 0 Å². The summed E-state index contributed by atoms with van der Waals surface area (Å²) in [7, 11) is 0. The van der Waals surface area contributed by atoms with Crippen LogP contribution < -0.4 is 34.3 Å². The quantitative estimate of drug-likeness (QED) is 0.336. The molecule has 2 nitrogen and oxygen atoms in total. The summed E-state index contributed by atoms with van der Waals surface area (Å²) in [6.45, 7) is 0. The van der Waals surface area contributed by atoms with E-state index in [1.165, 1.54) is 11.9 Å². The summed E-state index contributed by atoms with van der Waals surface area (Å²) in [6.07, 6.45) is 0.929. The number of carbonyl (C=O) groups excluding carboxylic acids is 1. The fraction of sp³-hybridized carbons (Fsp3) is 0.125. The molecule has 1 aliphatic heterocycles. The first-order valence-corrected chi connectivity index (χ1v) is 4.20. The topological polar surface area (TPSA) is 29.1 Å². The summed E-state index contributed by atoms with van der Waals surface area (Å²) in [4.78, 5) is 11.7. The van der Waals surface area contributed by atoms with Gasteiger partial charge >= 0.3 is 29.6 Å². The van der Waals surface area contributed by atoms with Crippen molar-refractivity contribution in [2.45, 2.75) is 10.9 Å². The maximum absolute atomic E-state index is 10.5. The van der Waals surface area contributed by atoms with E-state index in [2.05, 4.69) is 4.72 Å². The second-order valence-electron chi connectivity index (χ2n) is 2.37. The van der Waals surface area contributed by atoms with Gasteiger partial charge in [-0.3, -0.25) is 0 Å². The molecule has 12 heavy (non-hydrogen) atoms. The minimum atomic E-state index is -0.115. The smallest absolute Gasteiger partial charge is 1.00 e.